The van der Waals surface area contributed by atoms with Gasteiger partial charge in [0, 0.05) is 24.5 Å². The highest BCUT2D eigenvalue weighted by Crippen LogP contribution is 1.96. The van der Waals surface area contributed by atoms with E-state index in [1.165, 1.54) is 17.9 Å². The number of hydrogen-bond donors (Lipinski definition) is 0. The average Bonchev–Trinajstić information content (AvgIpc) is 2.26. The lowest BCUT2D eigenvalue weighted by Gasteiger charge is -2.01. The zero-order valence-electron chi connectivity index (χ0n) is 8.64. The first-order chi connectivity index (χ1) is 7.15. The summed E-state index contributed by atoms with van der Waals surface area (Å²) in [6.07, 6.45) is 4.65. The molecule has 0 spiro atoms. The van der Waals surface area contributed by atoms with Gasteiger partial charge in [-0.15, -0.1) is 0 Å². The summed E-state index contributed by atoms with van der Waals surface area (Å²) in [5, 5.41) is 0. The summed E-state index contributed by atoms with van der Waals surface area (Å²) in [6.45, 7) is 1.95. The Balaban J connectivity index is 2.77. The molecule has 15 heavy (non-hydrogen) atoms. The molecule has 0 amide bonds. The second-order valence-corrected chi connectivity index (χ2v) is 2.93. The summed E-state index contributed by atoms with van der Waals surface area (Å²) in [6, 6.07) is 1.66. The van der Waals surface area contributed by atoms with Gasteiger partial charge in [-0.1, -0.05) is 6.08 Å². The topological polar surface area (TPSA) is 61.2 Å². The molecule has 1 heterocycles. The number of hydrogen-bond acceptors (Lipinski definition) is 4. The largest absolute Gasteiger partial charge is 0.466 e. The first-order valence-corrected chi connectivity index (χ1v) is 4.41. The van der Waals surface area contributed by atoms with Crippen molar-refractivity contribution in [1.82, 2.24) is 9.55 Å². The molecule has 0 saturated carbocycles. The SMILES string of the molecule is COC(=O)C(C)=CCn1cccnc1=O. The smallest absolute Gasteiger partial charge is 0.347 e. The molecule has 5 heteroatoms. The molecular weight excluding hydrogens is 196 g/mol. The van der Waals surface area contributed by atoms with Crippen molar-refractivity contribution in [2.75, 3.05) is 7.11 Å². The molecule has 0 bridgehead atoms. The van der Waals surface area contributed by atoms with Crippen molar-refractivity contribution < 1.29 is 9.53 Å². The lowest BCUT2D eigenvalue weighted by atomic mass is 10.3. The van der Waals surface area contributed by atoms with Gasteiger partial charge in [0.1, 0.15) is 0 Å². The second kappa shape index (κ2) is 5.09. The fraction of sp³-hybridized carbons (Fsp3) is 0.300. The fourth-order valence-corrected chi connectivity index (χ4v) is 1.01. The minimum absolute atomic E-state index is 0.313. The third kappa shape index (κ3) is 3.05. The quantitative estimate of drug-likeness (QED) is 0.531. The van der Waals surface area contributed by atoms with Crippen molar-refractivity contribution in [3.63, 3.8) is 0 Å². The van der Waals surface area contributed by atoms with Crippen LogP contribution in [0.3, 0.4) is 0 Å². The molecule has 80 valence electrons. The molecule has 5 nitrogen and oxygen atoms in total. The van der Waals surface area contributed by atoms with Crippen LogP contribution in [0.1, 0.15) is 6.92 Å². The minimum atomic E-state index is -0.396. The van der Waals surface area contributed by atoms with Crippen molar-refractivity contribution in [3.8, 4) is 0 Å². The molecule has 0 N–H and O–H groups in total. The van der Waals surface area contributed by atoms with E-state index in [1.807, 2.05) is 0 Å². The first kappa shape index (κ1) is 11.2. The average molecular weight is 208 g/mol. The van der Waals surface area contributed by atoms with Gasteiger partial charge in [-0.3, -0.25) is 4.57 Å². The standard InChI is InChI=1S/C10H12N2O3/c1-8(9(13)15-2)4-7-12-6-3-5-11-10(12)14/h3-6H,7H2,1-2H3. The Morgan fingerprint density at radius 1 is 1.67 bits per heavy atom. The van der Waals surface area contributed by atoms with Crippen LogP contribution in [0.5, 0.6) is 0 Å². The van der Waals surface area contributed by atoms with Gasteiger partial charge in [-0.2, -0.15) is 0 Å². The number of carbonyl (C=O) groups is 1. The number of nitrogens with zero attached hydrogens (tertiary/aromatic N) is 2. The molecule has 1 rings (SSSR count). The highest BCUT2D eigenvalue weighted by molar-refractivity contribution is 5.87. The zero-order valence-corrected chi connectivity index (χ0v) is 8.64. The van der Waals surface area contributed by atoms with Gasteiger partial charge >= 0.3 is 11.7 Å². The highest BCUT2D eigenvalue weighted by atomic mass is 16.5. The predicted molar refractivity (Wildman–Crippen MR) is 54.3 cm³/mol. The maximum atomic E-state index is 11.2. The van der Waals surface area contributed by atoms with Gasteiger partial charge in [0.2, 0.25) is 0 Å². The van der Waals surface area contributed by atoms with Gasteiger partial charge in [0.15, 0.2) is 0 Å². The Hall–Kier alpha value is -1.91. The molecule has 0 aliphatic heterocycles. The van der Waals surface area contributed by atoms with E-state index < -0.39 is 5.97 Å². The van der Waals surface area contributed by atoms with E-state index in [0.717, 1.165) is 0 Å². The molecule has 0 radical (unpaired) electrons. The first-order valence-electron chi connectivity index (χ1n) is 4.41. The van der Waals surface area contributed by atoms with Gasteiger partial charge in [-0.05, 0) is 13.0 Å². The van der Waals surface area contributed by atoms with Crippen LogP contribution in [0.4, 0.5) is 0 Å². The maximum absolute atomic E-state index is 11.2. The van der Waals surface area contributed by atoms with E-state index in [2.05, 4.69) is 9.72 Å². The van der Waals surface area contributed by atoms with Crippen molar-refractivity contribution in [2.24, 2.45) is 0 Å². The predicted octanol–water partition coefficient (Wildman–Crippen LogP) is 0.363. The number of allylic oxidation sites excluding steroid dienone is 1. The highest BCUT2D eigenvalue weighted by Gasteiger charge is 2.02. The molecule has 0 fully saturated rings. The van der Waals surface area contributed by atoms with E-state index in [9.17, 15) is 9.59 Å². The number of rotatable bonds is 3. The van der Waals surface area contributed by atoms with Crippen LogP contribution in [0.15, 0.2) is 34.9 Å². The molecule has 1 aromatic rings. The van der Waals surface area contributed by atoms with Gasteiger partial charge in [0.25, 0.3) is 0 Å². The molecule has 0 atom stereocenters. The maximum Gasteiger partial charge on any atom is 0.347 e. The molecule has 0 aromatic carbocycles. The number of aromatic nitrogens is 2. The number of carbonyl (C=O) groups excluding carboxylic acids is 1. The second-order valence-electron chi connectivity index (χ2n) is 2.93. The number of methoxy groups -OCH3 is 1. The van der Waals surface area contributed by atoms with Gasteiger partial charge < -0.3 is 4.74 Å². The molecular formula is C10H12N2O3. The minimum Gasteiger partial charge on any atom is -0.466 e. The van der Waals surface area contributed by atoms with Crippen molar-refractivity contribution >= 4 is 5.97 Å². The van der Waals surface area contributed by atoms with Crippen LogP contribution < -0.4 is 5.69 Å². The summed E-state index contributed by atoms with van der Waals surface area (Å²) < 4.78 is 5.92. The van der Waals surface area contributed by atoms with Crippen LogP contribution >= 0.6 is 0 Å². The van der Waals surface area contributed by atoms with Crippen LogP contribution in [0.25, 0.3) is 0 Å². The number of ether oxygens (including phenoxy) is 1. The van der Waals surface area contributed by atoms with E-state index >= 15 is 0 Å². The summed E-state index contributed by atoms with van der Waals surface area (Å²) in [5.74, 6) is -0.396. The monoisotopic (exact) mass is 208 g/mol. The lowest BCUT2D eigenvalue weighted by molar-refractivity contribution is -0.136. The normalized spacial score (nSPS) is 11.2. The van der Waals surface area contributed by atoms with Crippen LogP contribution in [-0.4, -0.2) is 22.6 Å². The van der Waals surface area contributed by atoms with Crippen LogP contribution in [0.2, 0.25) is 0 Å². The Kier molecular flexibility index (Phi) is 3.79. The molecule has 0 aliphatic rings. The molecule has 0 saturated heterocycles. The summed E-state index contributed by atoms with van der Waals surface area (Å²) in [7, 11) is 1.32. The van der Waals surface area contributed by atoms with E-state index in [0.29, 0.717) is 12.1 Å². The van der Waals surface area contributed by atoms with Crippen molar-refractivity contribution in [3.05, 3.63) is 40.6 Å². The van der Waals surface area contributed by atoms with E-state index in [-0.39, 0.29) is 5.69 Å². The zero-order chi connectivity index (χ0) is 11.3. The van der Waals surface area contributed by atoms with Gasteiger partial charge in [-0.25, -0.2) is 14.6 Å². The Morgan fingerprint density at radius 2 is 2.40 bits per heavy atom. The third-order valence-corrected chi connectivity index (χ3v) is 1.88. The van der Waals surface area contributed by atoms with Crippen LogP contribution in [-0.2, 0) is 16.1 Å². The van der Waals surface area contributed by atoms with Gasteiger partial charge in [0.05, 0.1) is 7.11 Å². The summed E-state index contributed by atoms with van der Waals surface area (Å²) >= 11 is 0. The van der Waals surface area contributed by atoms with Crippen molar-refractivity contribution in [2.45, 2.75) is 13.5 Å². The Morgan fingerprint density at radius 3 is 3.00 bits per heavy atom. The Bertz CT molecular complexity index is 434. The lowest BCUT2D eigenvalue weighted by Crippen LogP contribution is -2.21. The molecule has 0 unspecified atom stereocenters. The molecule has 0 aliphatic carbocycles. The third-order valence-electron chi connectivity index (χ3n) is 1.88. The molecule has 1 aromatic heterocycles. The fourth-order valence-electron chi connectivity index (χ4n) is 1.01. The summed E-state index contributed by atoms with van der Waals surface area (Å²) in [4.78, 5) is 25.8. The summed E-state index contributed by atoms with van der Waals surface area (Å²) in [5.41, 5.74) is 0.125. The van der Waals surface area contributed by atoms with E-state index in [4.69, 9.17) is 0 Å². The Labute approximate surface area is 87.0 Å². The number of esters is 1. The van der Waals surface area contributed by atoms with Crippen LogP contribution in [0, 0.1) is 0 Å². The van der Waals surface area contributed by atoms with E-state index in [1.54, 1.807) is 25.3 Å². The van der Waals surface area contributed by atoms with Crippen molar-refractivity contribution in [1.29, 1.82) is 0 Å².